The van der Waals surface area contributed by atoms with Crippen molar-refractivity contribution in [3.63, 3.8) is 0 Å². The first-order valence-corrected chi connectivity index (χ1v) is 7.80. The Morgan fingerprint density at radius 1 is 0.889 bits per heavy atom. The average Bonchev–Trinajstić information content (AvgIpc) is 2.23. The minimum atomic E-state index is 0.261. The molecule has 0 aliphatic heterocycles. The Morgan fingerprint density at radius 2 is 1.33 bits per heavy atom. The van der Waals surface area contributed by atoms with Gasteiger partial charge < -0.3 is 0 Å². The van der Waals surface area contributed by atoms with Crippen LogP contribution in [0.25, 0.3) is 0 Å². The Labute approximate surface area is 116 Å². The predicted molar refractivity (Wildman–Crippen MR) is 83.9 cm³/mol. The second kappa shape index (κ2) is 6.93. The minimum absolute atomic E-state index is 0.261. The maximum atomic E-state index is 2.65. The van der Waals surface area contributed by atoms with E-state index in [9.17, 15) is 0 Å². The summed E-state index contributed by atoms with van der Waals surface area (Å²) < 4.78 is 0. The molecule has 2 atom stereocenters. The number of hydrogen-bond acceptors (Lipinski definition) is 1. The summed E-state index contributed by atoms with van der Waals surface area (Å²) in [5.41, 5.74) is 0.261. The average molecular weight is 255 g/mol. The first kappa shape index (κ1) is 18.0. The van der Waals surface area contributed by atoms with Crippen molar-refractivity contribution in [2.24, 2.45) is 23.7 Å². The smallest absolute Gasteiger partial charge is 0.0176 e. The van der Waals surface area contributed by atoms with Gasteiger partial charge in [0.2, 0.25) is 0 Å². The van der Waals surface area contributed by atoms with E-state index in [4.69, 9.17) is 0 Å². The van der Waals surface area contributed by atoms with Crippen LogP contribution in [0.1, 0.15) is 68.7 Å². The lowest BCUT2D eigenvalue weighted by molar-refractivity contribution is -0.00111. The molecule has 1 nitrogen and oxygen atoms in total. The molecule has 0 saturated heterocycles. The van der Waals surface area contributed by atoms with E-state index in [-0.39, 0.29) is 5.54 Å². The molecule has 0 radical (unpaired) electrons. The molecule has 1 heteroatoms. The topological polar surface area (TPSA) is 3.24 Å². The predicted octanol–water partition coefficient (Wildman–Crippen LogP) is 5.06. The molecule has 0 aliphatic carbocycles. The van der Waals surface area contributed by atoms with Crippen LogP contribution in [-0.2, 0) is 0 Å². The monoisotopic (exact) mass is 255 g/mol. The van der Waals surface area contributed by atoms with E-state index in [1.54, 1.807) is 0 Å². The van der Waals surface area contributed by atoms with Crippen LogP contribution in [-0.4, -0.2) is 23.5 Å². The maximum Gasteiger partial charge on any atom is 0.0176 e. The number of nitrogens with zero attached hydrogens (tertiary/aromatic N) is 1. The van der Waals surface area contributed by atoms with Crippen LogP contribution in [0.15, 0.2) is 0 Å². The van der Waals surface area contributed by atoms with Crippen molar-refractivity contribution in [3.8, 4) is 0 Å². The molecule has 0 aromatic rings. The molecule has 110 valence electrons. The molecule has 0 bridgehead atoms. The molecule has 0 rings (SSSR count). The molecule has 0 aromatic carbocycles. The summed E-state index contributed by atoms with van der Waals surface area (Å²) in [5.74, 6) is 2.93. The van der Waals surface area contributed by atoms with E-state index >= 15 is 0 Å². The Morgan fingerprint density at radius 3 is 1.56 bits per heavy atom. The summed E-state index contributed by atoms with van der Waals surface area (Å²) >= 11 is 0. The Kier molecular flexibility index (Phi) is 6.92. The summed E-state index contributed by atoms with van der Waals surface area (Å²) in [4.78, 5) is 2.65. The van der Waals surface area contributed by atoms with Crippen molar-refractivity contribution >= 4 is 0 Å². The van der Waals surface area contributed by atoms with E-state index in [2.05, 4.69) is 74.3 Å². The first-order valence-electron chi connectivity index (χ1n) is 7.80. The van der Waals surface area contributed by atoms with Crippen LogP contribution in [0, 0.1) is 23.7 Å². The van der Waals surface area contributed by atoms with Crippen LogP contribution < -0.4 is 0 Å². The van der Waals surface area contributed by atoms with Gasteiger partial charge in [-0.2, -0.15) is 0 Å². The van der Waals surface area contributed by atoms with Gasteiger partial charge in [0.25, 0.3) is 0 Å². The summed E-state index contributed by atoms with van der Waals surface area (Å²) in [5, 5.41) is 0. The van der Waals surface area contributed by atoms with Gasteiger partial charge in [-0.3, -0.25) is 4.90 Å². The van der Waals surface area contributed by atoms with Crippen molar-refractivity contribution in [3.05, 3.63) is 0 Å². The minimum Gasteiger partial charge on any atom is -0.297 e. The highest BCUT2D eigenvalue weighted by molar-refractivity contribution is 4.91. The van der Waals surface area contributed by atoms with Gasteiger partial charge in [-0.15, -0.1) is 0 Å². The fraction of sp³-hybridized carbons (Fsp3) is 1.00. The summed E-state index contributed by atoms with van der Waals surface area (Å²) in [7, 11) is 2.33. The van der Waals surface area contributed by atoms with Crippen molar-refractivity contribution < 1.29 is 0 Å². The van der Waals surface area contributed by atoms with Gasteiger partial charge in [0.1, 0.15) is 0 Å². The quantitative estimate of drug-likeness (QED) is 0.614. The normalized spacial score (nSPS) is 17.0. The first-order chi connectivity index (χ1) is 8.07. The highest BCUT2D eigenvalue weighted by Gasteiger charge is 2.37. The zero-order chi connectivity index (χ0) is 14.7. The van der Waals surface area contributed by atoms with Crippen molar-refractivity contribution in [1.29, 1.82) is 0 Å². The third kappa shape index (κ3) is 3.98. The van der Waals surface area contributed by atoms with Crippen LogP contribution in [0.3, 0.4) is 0 Å². The molecule has 2 unspecified atom stereocenters. The summed E-state index contributed by atoms with van der Waals surface area (Å²) in [6.45, 7) is 21.3. The second-order valence-electron chi connectivity index (χ2n) is 7.47. The fourth-order valence-corrected chi connectivity index (χ4v) is 3.13. The van der Waals surface area contributed by atoms with Crippen LogP contribution in [0.4, 0.5) is 0 Å². The van der Waals surface area contributed by atoms with E-state index in [0.29, 0.717) is 17.9 Å². The molecule has 0 heterocycles. The van der Waals surface area contributed by atoms with E-state index in [1.807, 2.05) is 0 Å². The van der Waals surface area contributed by atoms with E-state index < -0.39 is 0 Å². The van der Waals surface area contributed by atoms with Gasteiger partial charge in [0, 0.05) is 11.6 Å². The van der Waals surface area contributed by atoms with Crippen LogP contribution in [0.2, 0.25) is 0 Å². The van der Waals surface area contributed by atoms with E-state index in [0.717, 1.165) is 11.8 Å². The summed E-state index contributed by atoms with van der Waals surface area (Å²) in [6, 6.07) is 0.674. The Bertz CT molecular complexity index is 228. The van der Waals surface area contributed by atoms with Gasteiger partial charge >= 0.3 is 0 Å². The fourth-order valence-electron chi connectivity index (χ4n) is 3.13. The highest BCUT2D eigenvalue weighted by Crippen LogP contribution is 2.34. The Hall–Kier alpha value is -0.0400. The molecule has 0 N–H and O–H groups in total. The van der Waals surface area contributed by atoms with Crippen molar-refractivity contribution in [2.75, 3.05) is 7.05 Å². The van der Waals surface area contributed by atoms with Gasteiger partial charge in [0.05, 0.1) is 0 Å². The maximum absolute atomic E-state index is 2.65. The lowest BCUT2D eigenvalue weighted by Gasteiger charge is -2.49. The van der Waals surface area contributed by atoms with Gasteiger partial charge in [-0.25, -0.2) is 0 Å². The number of hydrogen-bond donors (Lipinski definition) is 0. The highest BCUT2D eigenvalue weighted by atomic mass is 15.2. The molecule has 18 heavy (non-hydrogen) atoms. The largest absolute Gasteiger partial charge is 0.297 e. The zero-order valence-corrected chi connectivity index (χ0v) is 14.5. The molecule has 0 aliphatic rings. The zero-order valence-electron chi connectivity index (χ0n) is 14.5. The molecule has 0 fully saturated rings. The third-order valence-electron chi connectivity index (χ3n) is 5.22. The van der Waals surface area contributed by atoms with Gasteiger partial charge in [-0.1, -0.05) is 54.9 Å². The molecular formula is C17H37N. The van der Waals surface area contributed by atoms with Crippen molar-refractivity contribution in [1.82, 2.24) is 4.90 Å². The standard InChI is InChI=1S/C17H37N/c1-11-15(12(2)3)16(13(4)5)18(10)17(8,9)14(6)7/h12-16H,11H2,1-10H3. The van der Waals surface area contributed by atoms with Crippen LogP contribution in [0.5, 0.6) is 0 Å². The molecule has 0 spiro atoms. The van der Waals surface area contributed by atoms with Crippen LogP contribution >= 0.6 is 0 Å². The molecular weight excluding hydrogens is 218 g/mol. The lowest BCUT2D eigenvalue weighted by Crippen LogP contribution is -2.55. The molecule has 0 aromatic heterocycles. The molecule has 0 saturated carbocycles. The lowest BCUT2D eigenvalue weighted by atomic mass is 9.77. The SMILES string of the molecule is CCC(C(C)C)C(C(C)C)N(C)C(C)(C)C(C)C. The molecule has 0 amide bonds. The van der Waals surface area contributed by atoms with Gasteiger partial charge in [-0.05, 0) is 44.6 Å². The summed E-state index contributed by atoms with van der Waals surface area (Å²) in [6.07, 6.45) is 1.28. The van der Waals surface area contributed by atoms with Crippen molar-refractivity contribution in [2.45, 2.75) is 80.3 Å². The van der Waals surface area contributed by atoms with E-state index in [1.165, 1.54) is 6.42 Å². The number of rotatable bonds is 7. The second-order valence-corrected chi connectivity index (χ2v) is 7.47. The Balaban J connectivity index is 5.24. The van der Waals surface area contributed by atoms with Gasteiger partial charge in [0.15, 0.2) is 0 Å². The third-order valence-corrected chi connectivity index (χ3v) is 5.22.